The normalized spacial score (nSPS) is 11.3. The van der Waals surface area contributed by atoms with Gasteiger partial charge >= 0.3 is 0 Å². The van der Waals surface area contributed by atoms with E-state index in [4.69, 9.17) is 4.74 Å². The maximum atomic E-state index is 5.68. The molecule has 0 bridgehead atoms. The van der Waals surface area contributed by atoms with Crippen molar-refractivity contribution in [2.24, 2.45) is 0 Å². The average Bonchev–Trinajstić information content (AvgIpc) is 1.91. The molecule has 12 heavy (non-hydrogen) atoms. The van der Waals surface area contributed by atoms with Crippen LogP contribution in [-0.4, -0.2) is 15.8 Å². The van der Waals surface area contributed by atoms with Crippen LogP contribution in [0, 0.1) is 0 Å². The highest BCUT2D eigenvalue weighted by molar-refractivity contribution is 6.34. The molecule has 0 aromatic heterocycles. The van der Waals surface area contributed by atoms with Gasteiger partial charge in [0, 0.05) is 0 Å². The first-order valence-electron chi connectivity index (χ1n) is 3.99. The number of benzene rings is 1. The molecule has 0 amide bonds. The summed E-state index contributed by atoms with van der Waals surface area (Å²) in [6.45, 7) is 6.10. The Morgan fingerprint density at radius 1 is 1.17 bits per heavy atom. The topological polar surface area (TPSA) is 9.23 Å². The highest BCUT2D eigenvalue weighted by Gasteiger charge is 2.12. The van der Waals surface area contributed by atoms with Gasteiger partial charge in [-0.05, 0) is 32.0 Å². The van der Waals surface area contributed by atoms with Crippen molar-refractivity contribution in [1.29, 1.82) is 0 Å². The lowest BCUT2D eigenvalue weighted by molar-refractivity contribution is 0.132. The average molecular weight is 177 g/mol. The van der Waals surface area contributed by atoms with Crippen molar-refractivity contribution >= 4 is 15.4 Å². The Hall–Kier alpha value is -0.763. The molecule has 0 saturated heterocycles. The smallest absolute Gasteiger partial charge is 0.118 e. The third-order valence-electron chi connectivity index (χ3n) is 1.30. The van der Waals surface area contributed by atoms with Crippen LogP contribution in [0.4, 0.5) is 0 Å². The molecule has 0 aliphatic heterocycles. The van der Waals surface area contributed by atoms with E-state index in [0.29, 0.717) is 0 Å². The maximum absolute atomic E-state index is 5.68. The largest absolute Gasteiger partial charge is 0.488 e. The van der Waals surface area contributed by atoms with Crippen LogP contribution >= 0.6 is 0 Å². The van der Waals surface area contributed by atoms with Gasteiger partial charge in [0.1, 0.15) is 11.4 Å². The molecule has 0 aliphatic rings. The van der Waals surface area contributed by atoms with Gasteiger partial charge in [-0.25, -0.2) is 0 Å². The van der Waals surface area contributed by atoms with E-state index >= 15 is 0 Å². The van der Waals surface area contributed by atoms with Gasteiger partial charge in [0.25, 0.3) is 0 Å². The number of para-hydroxylation sites is 1. The minimum Gasteiger partial charge on any atom is -0.488 e. The third-order valence-corrected chi connectivity index (χ3v) is 1.72. The monoisotopic (exact) mass is 177 g/mol. The van der Waals surface area contributed by atoms with Crippen molar-refractivity contribution < 1.29 is 4.74 Å². The van der Waals surface area contributed by atoms with Gasteiger partial charge in [-0.15, -0.1) is 0 Å². The van der Waals surface area contributed by atoms with E-state index in [9.17, 15) is 0 Å². The summed E-state index contributed by atoms with van der Waals surface area (Å²) in [5, 5.41) is 0.993. The molecular weight excluding hydrogens is 164 g/mol. The van der Waals surface area contributed by atoms with Gasteiger partial charge in [0.2, 0.25) is 0 Å². The van der Waals surface area contributed by atoms with E-state index in [1.807, 2.05) is 45.0 Å². The van der Waals surface area contributed by atoms with Gasteiger partial charge < -0.3 is 4.74 Å². The summed E-state index contributed by atoms with van der Waals surface area (Å²) in [6, 6.07) is 7.86. The van der Waals surface area contributed by atoms with Crippen molar-refractivity contribution in [3.63, 3.8) is 0 Å². The lowest BCUT2D eigenvalue weighted by Gasteiger charge is -2.22. The zero-order valence-corrected chi connectivity index (χ0v) is 8.72. The van der Waals surface area contributed by atoms with Crippen molar-refractivity contribution in [2.75, 3.05) is 0 Å². The van der Waals surface area contributed by atoms with Gasteiger partial charge in [0.15, 0.2) is 0 Å². The Labute approximate surface area is 77.2 Å². The quantitative estimate of drug-likeness (QED) is 0.593. The fourth-order valence-electron chi connectivity index (χ4n) is 0.886. The second-order valence-corrected chi connectivity index (χ2v) is 4.25. The van der Waals surface area contributed by atoms with Gasteiger partial charge in [0.05, 0.1) is 10.2 Å². The summed E-state index contributed by atoms with van der Waals surface area (Å²) in [6.07, 6.45) is 0. The van der Waals surface area contributed by atoms with Gasteiger partial charge in [-0.2, -0.15) is 0 Å². The molecule has 0 atom stereocenters. The van der Waals surface area contributed by atoms with E-state index in [-0.39, 0.29) is 5.60 Å². The van der Waals surface area contributed by atoms with Crippen LogP contribution < -0.4 is 9.92 Å². The SMILES string of the molecule is CC(C)(C)Oc1ccccc1[Si]. The Kier molecular flexibility index (Phi) is 2.57. The second-order valence-electron chi connectivity index (χ2n) is 3.71. The first kappa shape index (κ1) is 9.33. The highest BCUT2D eigenvalue weighted by atomic mass is 28.1. The Morgan fingerprint density at radius 3 is 2.25 bits per heavy atom. The molecule has 0 unspecified atom stereocenters. The minimum absolute atomic E-state index is 0.136. The zero-order valence-electron chi connectivity index (χ0n) is 7.72. The summed E-state index contributed by atoms with van der Waals surface area (Å²) in [7, 11) is 3.47. The van der Waals surface area contributed by atoms with Crippen LogP contribution in [0.3, 0.4) is 0 Å². The van der Waals surface area contributed by atoms with Crippen molar-refractivity contribution in [1.82, 2.24) is 0 Å². The van der Waals surface area contributed by atoms with E-state index in [2.05, 4.69) is 10.2 Å². The lowest BCUT2D eigenvalue weighted by atomic mass is 10.2. The van der Waals surface area contributed by atoms with Crippen LogP contribution in [0.15, 0.2) is 24.3 Å². The molecule has 0 aliphatic carbocycles. The summed E-state index contributed by atoms with van der Waals surface area (Å²) < 4.78 is 5.68. The fraction of sp³-hybridized carbons (Fsp3) is 0.400. The predicted octanol–water partition coefficient (Wildman–Crippen LogP) is 1.66. The van der Waals surface area contributed by atoms with Crippen LogP contribution in [-0.2, 0) is 0 Å². The molecule has 63 valence electrons. The van der Waals surface area contributed by atoms with Crippen molar-refractivity contribution in [2.45, 2.75) is 26.4 Å². The summed E-state index contributed by atoms with van der Waals surface area (Å²) in [4.78, 5) is 0. The summed E-state index contributed by atoms with van der Waals surface area (Å²) >= 11 is 0. The Morgan fingerprint density at radius 2 is 1.75 bits per heavy atom. The van der Waals surface area contributed by atoms with Crippen LogP contribution in [0.1, 0.15) is 20.8 Å². The third kappa shape index (κ3) is 2.70. The highest BCUT2D eigenvalue weighted by Crippen LogP contribution is 2.14. The first-order chi connectivity index (χ1) is 5.49. The maximum Gasteiger partial charge on any atom is 0.118 e. The molecule has 1 rings (SSSR count). The Bertz CT molecular complexity index is 263. The number of rotatable bonds is 1. The second kappa shape index (κ2) is 3.31. The van der Waals surface area contributed by atoms with E-state index in [1.54, 1.807) is 0 Å². The van der Waals surface area contributed by atoms with Crippen LogP contribution in [0.25, 0.3) is 0 Å². The van der Waals surface area contributed by atoms with Gasteiger partial charge in [-0.1, -0.05) is 18.2 Å². The number of ether oxygens (including phenoxy) is 1. The number of hydrogen-bond acceptors (Lipinski definition) is 1. The summed E-state index contributed by atoms with van der Waals surface area (Å²) in [5.74, 6) is 0.890. The molecule has 1 aromatic rings. The summed E-state index contributed by atoms with van der Waals surface area (Å²) in [5.41, 5.74) is -0.136. The number of hydrogen-bond donors (Lipinski definition) is 0. The molecular formula is C10H13OSi. The zero-order chi connectivity index (χ0) is 9.19. The molecule has 0 N–H and O–H groups in total. The molecule has 0 fully saturated rings. The van der Waals surface area contributed by atoms with Crippen molar-refractivity contribution in [3.8, 4) is 5.75 Å². The molecule has 2 heteroatoms. The Balaban J connectivity index is 2.83. The molecule has 3 radical (unpaired) electrons. The van der Waals surface area contributed by atoms with E-state index < -0.39 is 0 Å². The lowest BCUT2D eigenvalue weighted by Crippen LogP contribution is -2.26. The minimum atomic E-state index is -0.136. The first-order valence-corrected chi connectivity index (χ1v) is 4.49. The molecule has 0 saturated carbocycles. The van der Waals surface area contributed by atoms with Crippen LogP contribution in [0.5, 0.6) is 5.75 Å². The molecule has 1 nitrogen and oxygen atoms in total. The molecule has 1 aromatic carbocycles. The van der Waals surface area contributed by atoms with Gasteiger partial charge in [-0.3, -0.25) is 0 Å². The van der Waals surface area contributed by atoms with Crippen LogP contribution in [0.2, 0.25) is 0 Å². The molecule has 0 heterocycles. The standard InChI is InChI=1S/C10H13OSi/c1-10(2,3)11-8-6-4-5-7-9(8)12/h4-7H,1-3H3. The fourth-order valence-corrected chi connectivity index (χ4v) is 1.12. The molecule has 0 spiro atoms. The van der Waals surface area contributed by atoms with Crippen molar-refractivity contribution in [3.05, 3.63) is 24.3 Å². The van der Waals surface area contributed by atoms with E-state index in [1.165, 1.54) is 0 Å². The van der Waals surface area contributed by atoms with E-state index in [0.717, 1.165) is 10.9 Å². The predicted molar refractivity (Wildman–Crippen MR) is 52.2 cm³/mol.